The molecule has 3 aromatic carbocycles. The fourth-order valence-electron chi connectivity index (χ4n) is 4.49. The Morgan fingerprint density at radius 2 is 1.85 bits per heavy atom. The molecule has 0 aliphatic carbocycles. The number of nitrogens with zero attached hydrogens (tertiary/aromatic N) is 3. The zero-order valence-corrected chi connectivity index (χ0v) is 19.0. The molecular weight excluding hydrogens is 459 g/mol. The molecule has 3 heterocycles. The van der Waals surface area contributed by atoms with Crippen LogP contribution in [0.15, 0.2) is 78.6 Å². The minimum Gasteiger partial charge on any atom is -0.497 e. The summed E-state index contributed by atoms with van der Waals surface area (Å²) in [6.07, 6.45) is 1.10. The number of hydrogen-bond acceptors (Lipinski definition) is 5. The summed E-state index contributed by atoms with van der Waals surface area (Å²) >= 11 is 13.0. The van der Waals surface area contributed by atoms with Gasteiger partial charge in [-0.05, 0) is 42.0 Å². The van der Waals surface area contributed by atoms with Crippen molar-refractivity contribution in [3.05, 3.63) is 105 Å². The maximum absolute atomic E-state index is 6.66. The molecule has 2 aliphatic rings. The fourth-order valence-corrected chi connectivity index (χ4v) is 4.90. The number of halogens is 2. The molecule has 8 heteroatoms. The third kappa shape index (κ3) is 3.25. The topological polar surface area (TPSA) is 61.2 Å². The minimum absolute atomic E-state index is 0.280. The van der Waals surface area contributed by atoms with Crippen molar-refractivity contribution in [3.63, 3.8) is 0 Å². The molecule has 6 nitrogen and oxygen atoms in total. The summed E-state index contributed by atoms with van der Waals surface area (Å²) in [4.78, 5) is 4.45. The highest BCUT2D eigenvalue weighted by Crippen LogP contribution is 2.51. The Balaban J connectivity index is 1.63. The van der Waals surface area contributed by atoms with E-state index in [1.807, 2.05) is 71.4 Å². The van der Waals surface area contributed by atoms with Crippen LogP contribution in [0.3, 0.4) is 0 Å². The van der Waals surface area contributed by atoms with Crippen LogP contribution in [-0.4, -0.2) is 21.9 Å². The third-order valence-corrected chi connectivity index (χ3v) is 6.57. The smallest absolute Gasteiger partial charge is 0.226 e. The second-order valence-corrected chi connectivity index (χ2v) is 8.66. The number of aromatic nitrogens is 3. The highest BCUT2D eigenvalue weighted by Gasteiger charge is 2.41. The van der Waals surface area contributed by atoms with E-state index in [4.69, 9.17) is 32.7 Å². The number of benzene rings is 3. The molecule has 2 aliphatic heterocycles. The van der Waals surface area contributed by atoms with Crippen molar-refractivity contribution < 1.29 is 9.47 Å². The van der Waals surface area contributed by atoms with Crippen LogP contribution in [0, 0.1) is 0 Å². The van der Waals surface area contributed by atoms with Gasteiger partial charge >= 0.3 is 0 Å². The maximum atomic E-state index is 6.66. The average Bonchev–Trinajstić information content (AvgIpc) is 3.31. The first kappa shape index (κ1) is 20.1. The number of methoxy groups -OCH3 is 1. The Bertz CT molecular complexity index is 1400. The van der Waals surface area contributed by atoms with E-state index >= 15 is 0 Å². The van der Waals surface area contributed by atoms with Gasteiger partial charge in [0.15, 0.2) is 6.10 Å². The van der Waals surface area contributed by atoms with Crippen LogP contribution in [0.2, 0.25) is 10.0 Å². The summed E-state index contributed by atoms with van der Waals surface area (Å²) in [6, 6.07) is 21.0. The van der Waals surface area contributed by atoms with E-state index in [1.165, 1.54) is 0 Å². The Labute approximate surface area is 200 Å². The summed E-state index contributed by atoms with van der Waals surface area (Å²) in [5, 5.41) is 9.25. The Morgan fingerprint density at radius 3 is 2.64 bits per heavy atom. The lowest BCUT2D eigenvalue weighted by Crippen LogP contribution is -2.32. The molecule has 0 bridgehead atoms. The number of anilines is 1. The van der Waals surface area contributed by atoms with E-state index in [0.29, 0.717) is 16.0 Å². The highest BCUT2D eigenvalue weighted by molar-refractivity contribution is 6.31. The number of ether oxygens (including phenoxy) is 2. The molecule has 0 fully saturated rings. The fraction of sp³-hybridized carbons (Fsp3) is 0.120. The van der Waals surface area contributed by atoms with Gasteiger partial charge in [0.05, 0.1) is 12.8 Å². The predicted molar refractivity (Wildman–Crippen MR) is 128 cm³/mol. The van der Waals surface area contributed by atoms with E-state index in [1.54, 1.807) is 13.4 Å². The van der Waals surface area contributed by atoms with E-state index in [-0.39, 0.29) is 6.04 Å². The summed E-state index contributed by atoms with van der Waals surface area (Å²) in [7, 11) is 1.65. The van der Waals surface area contributed by atoms with Crippen molar-refractivity contribution in [2.75, 3.05) is 12.4 Å². The first-order chi connectivity index (χ1) is 16.1. The first-order valence-electron chi connectivity index (χ1n) is 10.4. The monoisotopic (exact) mass is 476 g/mol. The van der Waals surface area contributed by atoms with Crippen molar-refractivity contribution in [2.45, 2.75) is 12.1 Å². The predicted octanol–water partition coefficient (Wildman–Crippen LogP) is 6.15. The van der Waals surface area contributed by atoms with Gasteiger partial charge in [-0.15, -0.1) is 0 Å². The van der Waals surface area contributed by atoms with Gasteiger partial charge in [-0.1, -0.05) is 53.5 Å². The Morgan fingerprint density at radius 1 is 1.03 bits per heavy atom. The Kier molecular flexibility index (Phi) is 4.78. The molecule has 164 valence electrons. The number of rotatable bonds is 3. The van der Waals surface area contributed by atoms with Gasteiger partial charge in [0.25, 0.3) is 0 Å². The van der Waals surface area contributed by atoms with Gasteiger partial charge in [0.1, 0.15) is 23.9 Å². The quantitative estimate of drug-likeness (QED) is 0.383. The molecule has 0 saturated carbocycles. The molecule has 2 atom stereocenters. The van der Waals surface area contributed by atoms with E-state index in [2.05, 4.69) is 15.4 Å². The summed E-state index contributed by atoms with van der Waals surface area (Å²) in [5.41, 5.74) is 4.62. The molecule has 1 N–H and O–H groups in total. The summed E-state index contributed by atoms with van der Waals surface area (Å²) < 4.78 is 13.8. The molecule has 4 aromatic rings. The molecule has 0 amide bonds. The lowest BCUT2D eigenvalue weighted by atomic mass is 9.84. The van der Waals surface area contributed by atoms with Crippen LogP contribution < -0.4 is 14.8 Å². The van der Waals surface area contributed by atoms with Crippen LogP contribution >= 0.6 is 23.2 Å². The number of hydrogen-bond donors (Lipinski definition) is 1. The second kappa shape index (κ2) is 7.83. The molecule has 0 radical (unpaired) electrons. The lowest BCUT2D eigenvalue weighted by Gasteiger charge is -2.39. The maximum Gasteiger partial charge on any atom is 0.226 e. The van der Waals surface area contributed by atoms with Gasteiger partial charge in [-0.25, -0.2) is 4.68 Å². The van der Waals surface area contributed by atoms with Crippen LogP contribution in [0.25, 0.3) is 5.70 Å². The largest absolute Gasteiger partial charge is 0.497 e. The van der Waals surface area contributed by atoms with Crippen molar-refractivity contribution in [1.29, 1.82) is 0 Å². The van der Waals surface area contributed by atoms with Crippen molar-refractivity contribution in [1.82, 2.24) is 14.8 Å². The van der Waals surface area contributed by atoms with E-state index in [0.717, 1.165) is 39.5 Å². The molecule has 0 unspecified atom stereocenters. The van der Waals surface area contributed by atoms with Crippen molar-refractivity contribution >= 4 is 34.8 Å². The van der Waals surface area contributed by atoms with Crippen molar-refractivity contribution in [2.24, 2.45) is 0 Å². The zero-order valence-electron chi connectivity index (χ0n) is 17.5. The van der Waals surface area contributed by atoms with Crippen molar-refractivity contribution in [3.8, 4) is 11.5 Å². The van der Waals surface area contributed by atoms with Crippen LogP contribution in [0.4, 0.5) is 5.95 Å². The lowest BCUT2D eigenvalue weighted by molar-refractivity contribution is 0.223. The van der Waals surface area contributed by atoms with Gasteiger partial charge < -0.3 is 14.8 Å². The normalized spacial score (nSPS) is 18.5. The van der Waals surface area contributed by atoms with Gasteiger partial charge in [0, 0.05) is 26.7 Å². The van der Waals surface area contributed by atoms with Crippen LogP contribution in [-0.2, 0) is 0 Å². The molecule has 6 rings (SSSR count). The summed E-state index contributed by atoms with van der Waals surface area (Å²) in [6.45, 7) is 0. The molecule has 0 spiro atoms. The van der Waals surface area contributed by atoms with Crippen LogP contribution in [0.5, 0.6) is 11.5 Å². The highest BCUT2D eigenvalue weighted by atomic mass is 35.5. The van der Waals surface area contributed by atoms with Gasteiger partial charge in [0.2, 0.25) is 5.95 Å². The third-order valence-electron chi connectivity index (χ3n) is 6.00. The van der Waals surface area contributed by atoms with Gasteiger partial charge in [-0.3, -0.25) is 0 Å². The zero-order chi connectivity index (χ0) is 22.5. The van der Waals surface area contributed by atoms with E-state index in [9.17, 15) is 0 Å². The molecular formula is C25H18Cl2N4O2. The SMILES string of the molecule is COc1ccc([C@@H]2C3=C(Nc4ncnn42)c2cc(Cl)ccc2O[C@@H]3c2ccccc2Cl)cc1. The molecule has 1 aromatic heterocycles. The van der Waals surface area contributed by atoms with E-state index < -0.39 is 6.10 Å². The average molecular weight is 477 g/mol. The number of nitrogens with one attached hydrogen (secondary N) is 1. The molecule has 0 saturated heterocycles. The molecule has 33 heavy (non-hydrogen) atoms. The van der Waals surface area contributed by atoms with Crippen LogP contribution in [0.1, 0.15) is 28.8 Å². The second-order valence-electron chi connectivity index (χ2n) is 7.82. The first-order valence-corrected chi connectivity index (χ1v) is 11.1. The Hall–Kier alpha value is -3.48. The number of fused-ring (bicyclic) bond motifs is 3. The standard InChI is InChI=1S/C25H18Cl2N4O2/c1-32-16-9-6-14(7-10-16)23-21-22(30-25-28-13-29-31(23)25)18-12-15(26)8-11-20(18)33-24(21)17-4-2-3-5-19(17)27/h2-13,23-24H,1H3,(H,28,29,30)/t23-,24-/m1/s1. The minimum atomic E-state index is -0.445. The summed E-state index contributed by atoms with van der Waals surface area (Å²) in [5.74, 6) is 2.14. The van der Waals surface area contributed by atoms with Gasteiger partial charge in [-0.2, -0.15) is 10.1 Å².